The summed E-state index contributed by atoms with van der Waals surface area (Å²) in [4.78, 5) is 4.45. The van der Waals surface area contributed by atoms with Crippen LogP contribution in [0.15, 0.2) is 41.4 Å². The zero-order valence-corrected chi connectivity index (χ0v) is 15.2. The highest BCUT2D eigenvalue weighted by Crippen LogP contribution is 2.19. The van der Waals surface area contributed by atoms with Crippen LogP contribution in [0, 0.1) is 0 Å². The molecule has 0 amide bonds. The summed E-state index contributed by atoms with van der Waals surface area (Å²) in [5, 5.41) is 16.7. The summed E-state index contributed by atoms with van der Waals surface area (Å²) in [7, 11) is 0. The van der Waals surface area contributed by atoms with Crippen molar-refractivity contribution in [3.05, 3.63) is 42.0 Å². The summed E-state index contributed by atoms with van der Waals surface area (Å²) in [6, 6.07) is 7.51. The molecule has 0 aromatic heterocycles. The number of nitrogens with zero attached hydrogens (tertiary/aromatic N) is 1. The van der Waals surface area contributed by atoms with Crippen LogP contribution in [0.3, 0.4) is 0 Å². The van der Waals surface area contributed by atoms with Crippen molar-refractivity contribution in [2.45, 2.75) is 46.3 Å². The molecule has 5 heteroatoms. The number of aliphatic hydroxyl groups is 1. The molecule has 0 bridgehead atoms. The Labute approximate surface area is 145 Å². The molecule has 1 aromatic carbocycles. The van der Waals surface area contributed by atoms with E-state index in [4.69, 9.17) is 4.74 Å². The van der Waals surface area contributed by atoms with Gasteiger partial charge in [0.05, 0.1) is 18.8 Å². The number of aliphatic hydroxyl groups excluding tert-OH is 1. The molecule has 0 spiro atoms. The number of allylic oxidation sites excluding steroid dienone is 1. The van der Waals surface area contributed by atoms with Crippen LogP contribution in [0.2, 0.25) is 0 Å². The topological polar surface area (TPSA) is 65.9 Å². The van der Waals surface area contributed by atoms with Gasteiger partial charge in [0.2, 0.25) is 0 Å². The van der Waals surface area contributed by atoms with Gasteiger partial charge in [-0.25, -0.2) is 0 Å². The van der Waals surface area contributed by atoms with Crippen LogP contribution >= 0.6 is 0 Å². The summed E-state index contributed by atoms with van der Waals surface area (Å²) < 4.78 is 5.61. The molecule has 0 fully saturated rings. The van der Waals surface area contributed by atoms with Crippen molar-refractivity contribution in [1.29, 1.82) is 0 Å². The van der Waals surface area contributed by atoms with Gasteiger partial charge in [0.1, 0.15) is 5.75 Å². The maximum atomic E-state index is 10.3. The lowest BCUT2D eigenvalue weighted by Gasteiger charge is -2.14. The number of hydrogen-bond acceptors (Lipinski definition) is 3. The largest absolute Gasteiger partial charge is 0.491 e. The van der Waals surface area contributed by atoms with E-state index >= 15 is 0 Å². The SMILES string of the molecule is C/C=C/CCNC(=NCC(O)c1ccc(OC(C)C)cc1)NCC. The average Bonchev–Trinajstić information content (AvgIpc) is 2.56. The molecule has 0 aliphatic rings. The van der Waals surface area contributed by atoms with Crippen LogP contribution in [0.1, 0.15) is 45.8 Å². The first-order valence-corrected chi connectivity index (χ1v) is 8.64. The summed E-state index contributed by atoms with van der Waals surface area (Å²) in [6.45, 7) is 9.91. The molecule has 5 nitrogen and oxygen atoms in total. The van der Waals surface area contributed by atoms with Crippen molar-refractivity contribution in [3.8, 4) is 5.75 Å². The van der Waals surface area contributed by atoms with Crippen molar-refractivity contribution in [1.82, 2.24) is 10.6 Å². The Morgan fingerprint density at radius 1 is 1.25 bits per heavy atom. The molecule has 0 aliphatic carbocycles. The van der Waals surface area contributed by atoms with Crippen molar-refractivity contribution in [3.63, 3.8) is 0 Å². The van der Waals surface area contributed by atoms with E-state index in [1.54, 1.807) is 0 Å². The Balaban J connectivity index is 2.57. The predicted molar refractivity (Wildman–Crippen MR) is 101 cm³/mol. The molecule has 3 N–H and O–H groups in total. The zero-order chi connectivity index (χ0) is 17.8. The highest BCUT2D eigenvalue weighted by molar-refractivity contribution is 5.79. The Hall–Kier alpha value is -2.01. The van der Waals surface area contributed by atoms with Crippen LogP contribution in [0.5, 0.6) is 5.75 Å². The lowest BCUT2D eigenvalue weighted by atomic mass is 10.1. The fourth-order valence-electron chi connectivity index (χ4n) is 2.11. The summed E-state index contributed by atoms with van der Waals surface area (Å²) in [5.41, 5.74) is 0.833. The van der Waals surface area contributed by atoms with Gasteiger partial charge in [-0.05, 0) is 51.8 Å². The first-order chi connectivity index (χ1) is 11.6. The Bertz CT molecular complexity index is 510. The smallest absolute Gasteiger partial charge is 0.191 e. The predicted octanol–water partition coefficient (Wildman–Crippen LogP) is 3.03. The summed E-state index contributed by atoms with van der Waals surface area (Å²) in [6.07, 6.45) is 4.58. The molecule has 1 unspecified atom stereocenters. The van der Waals surface area contributed by atoms with E-state index in [-0.39, 0.29) is 6.10 Å². The molecular weight excluding hydrogens is 302 g/mol. The molecule has 1 aromatic rings. The Morgan fingerprint density at radius 2 is 1.96 bits per heavy atom. The van der Waals surface area contributed by atoms with Gasteiger partial charge < -0.3 is 20.5 Å². The average molecular weight is 333 g/mol. The Kier molecular flexibility index (Phi) is 9.61. The minimum atomic E-state index is -0.635. The third-order valence-electron chi connectivity index (χ3n) is 3.24. The van der Waals surface area contributed by atoms with Gasteiger partial charge in [0.15, 0.2) is 5.96 Å². The van der Waals surface area contributed by atoms with Gasteiger partial charge in [-0.1, -0.05) is 24.3 Å². The number of nitrogens with one attached hydrogen (secondary N) is 2. The second-order valence-corrected chi connectivity index (χ2v) is 5.76. The first-order valence-electron chi connectivity index (χ1n) is 8.64. The van der Waals surface area contributed by atoms with Crippen LogP contribution < -0.4 is 15.4 Å². The Morgan fingerprint density at radius 3 is 2.54 bits per heavy atom. The van der Waals surface area contributed by atoms with E-state index < -0.39 is 6.10 Å². The fourth-order valence-corrected chi connectivity index (χ4v) is 2.11. The number of hydrogen-bond donors (Lipinski definition) is 3. The van der Waals surface area contributed by atoms with Crippen molar-refractivity contribution in [2.75, 3.05) is 19.6 Å². The third-order valence-corrected chi connectivity index (χ3v) is 3.24. The number of rotatable bonds is 9. The third kappa shape index (κ3) is 8.02. The zero-order valence-electron chi connectivity index (χ0n) is 15.2. The molecule has 1 rings (SSSR count). The molecule has 0 aliphatic heterocycles. The van der Waals surface area contributed by atoms with E-state index in [0.29, 0.717) is 6.54 Å². The van der Waals surface area contributed by atoms with Crippen molar-refractivity contribution < 1.29 is 9.84 Å². The molecule has 0 saturated carbocycles. The standard InChI is InChI=1S/C19H31N3O2/c1-5-7-8-13-21-19(20-6-2)22-14-18(23)16-9-11-17(12-10-16)24-15(3)4/h5,7,9-12,15,18,23H,6,8,13-14H2,1-4H3,(H2,20,21,22)/b7-5+. The number of aliphatic imine (C=N–C) groups is 1. The van der Waals surface area contributed by atoms with Gasteiger partial charge in [0.25, 0.3) is 0 Å². The lowest BCUT2D eigenvalue weighted by Crippen LogP contribution is -2.38. The lowest BCUT2D eigenvalue weighted by molar-refractivity contribution is 0.186. The first kappa shape index (κ1) is 20.0. The number of benzene rings is 1. The van der Waals surface area contributed by atoms with Crippen LogP contribution in [-0.2, 0) is 0 Å². The molecule has 1 atom stereocenters. The van der Waals surface area contributed by atoms with E-state index in [0.717, 1.165) is 36.8 Å². The van der Waals surface area contributed by atoms with Crippen LogP contribution in [0.4, 0.5) is 0 Å². The van der Waals surface area contributed by atoms with Gasteiger partial charge in [-0.15, -0.1) is 0 Å². The highest BCUT2D eigenvalue weighted by Gasteiger charge is 2.08. The molecule has 134 valence electrons. The molecule has 24 heavy (non-hydrogen) atoms. The van der Waals surface area contributed by atoms with Crippen molar-refractivity contribution in [2.24, 2.45) is 4.99 Å². The second-order valence-electron chi connectivity index (χ2n) is 5.76. The van der Waals surface area contributed by atoms with E-state index in [2.05, 4.69) is 21.7 Å². The van der Waals surface area contributed by atoms with Crippen LogP contribution in [-0.4, -0.2) is 36.8 Å². The van der Waals surface area contributed by atoms with Gasteiger partial charge in [0, 0.05) is 13.1 Å². The quantitative estimate of drug-likeness (QED) is 0.281. The molecule has 0 radical (unpaired) electrons. The van der Waals surface area contributed by atoms with E-state index in [1.807, 2.05) is 58.0 Å². The molecular formula is C19H31N3O2. The number of guanidine groups is 1. The van der Waals surface area contributed by atoms with Crippen molar-refractivity contribution >= 4 is 5.96 Å². The van der Waals surface area contributed by atoms with E-state index in [1.165, 1.54) is 0 Å². The maximum Gasteiger partial charge on any atom is 0.191 e. The summed E-state index contributed by atoms with van der Waals surface area (Å²) >= 11 is 0. The molecule has 0 heterocycles. The molecule has 0 saturated heterocycles. The highest BCUT2D eigenvalue weighted by atomic mass is 16.5. The summed E-state index contributed by atoms with van der Waals surface area (Å²) in [5.74, 6) is 1.53. The van der Waals surface area contributed by atoms with Gasteiger partial charge in [-0.3, -0.25) is 4.99 Å². The van der Waals surface area contributed by atoms with Gasteiger partial charge in [-0.2, -0.15) is 0 Å². The minimum absolute atomic E-state index is 0.140. The minimum Gasteiger partial charge on any atom is -0.491 e. The second kappa shape index (κ2) is 11.5. The fraction of sp³-hybridized carbons (Fsp3) is 0.526. The van der Waals surface area contributed by atoms with Crippen LogP contribution in [0.25, 0.3) is 0 Å². The maximum absolute atomic E-state index is 10.3. The normalized spacial score (nSPS) is 13.3. The number of ether oxygens (including phenoxy) is 1. The van der Waals surface area contributed by atoms with E-state index in [9.17, 15) is 5.11 Å². The van der Waals surface area contributed by atoms with Gasteiger partial charge >= 0.3 is 0 Å². The monoisotopic (exact) mass is 333 g/mol.